The van der Waals surface area contributed by atoms with E-state index in [9.17, 15) is 0 Å². The molecule has 3 nitrogen and oxygen atoms in total. The van der Waals surface area contributed by atoms with E-state index in [1.54, 1.807) is 0 Å². The molecule has 0 N–H and O–H groups in total. The van der Waals surface area contributed by atoms with Gasteiger partial charge in [0.05, 0.1) is 0 Å². The number of hydrogen-bond donors (Lipinski definition) is 0. The van der Waals surface area contributed by atoms with Crippen LogP contribution in [0.3, 0.4) is 0 Å². The molecule has 0 amide bonds. The smallest absolute Gasteiger partial charge is 0.131 e. The summed E-state index contributed by atoms with van der Waals surface area (Å²) in [6.07, 6.45) is 8.83. The zero-order valence-electron chi connectivity index (χ0n) is 16.8. The molecule has 0 atom stereocenters. The molecule has 2 aliphatic heterocycles. The third-order valence-corrected chi connectivity index (χ3v) is 5.71. The van der Waals surface area contributed by atoms with E-state index in [1.165, 1.54) is 42.6 Å². The lowest BCUT2D eigenvalue weighted by Gasteiger charge is -2.30. The Morgan fingerprint density at radius 3 is 2.64 bits per heavy atom. The average molecular weight is 372 g/mol. The molecule has 1 aromatic carbocycles. The van der Waals surface area contributed by atoms with Crippen LogP contribution in [0.25, 0.3) is 0 Å². The van der Waals surface area contributed by atoms with Crippen molar-refractivity contribution in [2.24, 2.45) is 0 Å². The molecular weight excluding hydrogens is 342 g/mol. The van der Waals surface area contributed by atoms with Crippen molar-refractivity contribution < 1.29 is 0 Å². The Kier molecular flexibility index (Phi) is 6.09. The third kappa shape index (κ3) is 4.82. The van der Waals surface area contributed by atoms with Crippen LogP contribution in [0.4, 0.5) is 5.82 Å². The minimum Gasteiger partial charge on any atom is -0.356 e. The summed E-state index contributed by atoms with van der Waals surface area (Å²) in [5.74, 6) is 7.76. The maximum Gasteiger partial charge on any atom is 0.131 e. The van der Waals surface area contributed by atoms with Crippen LogP contribution in [0.1, 0.15) is 42.4 Å². The molecule has 0 unspecified atom stereocenters. The minimum atomic E-state index is 1.02. The first-order valence-corrected chi connectivity index (χ1v) is 10.5. The molecule has 0 radical (unpaired) electrons. The fraction of sp³-hybridized carbons (Fsp3) is 0.400. The van der Waals surface area contributed by atoms with E-state index in [0.717, 1.165) is 43.9 Å². The molecule has 0 aliphatic carbocycles. The molecule has 2 aliphatic rings. The number of pyridine rings is 1. The van der Waals surface area contributed by atoms with Crippen LogP contribution in [-0.4, -0.2) is 36.1 Å². The van der Waals surface area contributed by atoms with E-state index in [1.807, 2.05) is 12.3 Å². The number of aromatic nitrogens is 1. The molecule has 2 aromatic rings. The molecule has 2 fully saturated rings. The van der Waals surface area contributed by atoms with Gasteiger partial charge in [-0.2, -0.15) is 0 Å². The van der Waals surface area contributed by atoms with Crippen LogP contribution in [-0.2, 0) is 6.54 Å². The van der Waals surface area contributed by atoms with Gasteiger partial charge in [-0.3, -0.25) is 4.90 Å². The second-order valence-electron chi connectivity index (χ2n) is 7.89. The Balaban J connectivity index is 1.34. The summed E-state index contributed by atoms with van der Waals surface area (Å²) in [6.45, 7) is 7.71. The maximum atomic E-state index is 4.55. The predicted octanol–water partition coefficient (Wildman–Crippen LogP) is 4.56. The number of piperidine rings is 1. The Morgan fingerprint density at radius 1 is 1.04 bits per heavy atom. The van der Waals surface area contributed by atoms with E-state index < -0.39 is 0 Å². The number of nitrogens with zero attached hydrogens (tertiary/aromatic N) is 3. The van der Waals surface area contributed by atoms with E-state index in [0.29, 0.717) is 0 Å². The molecule has 3 heteroatoms. The van der Waals surface area contributed by atoms with Crippen LogP contribution in [0.2, 0.25) is 0 Å². The quantitative estimate of drug-likeness (QED) is 0.737. The number of hydrogen-bond acceptors (Lipinski definition) is 3. The summed E-state index contributed by atoms with van der Waals surface area (Å²) in [6, 6.07) is 12.9. The highest BCUT2D eigenvalue weighted by molar-refractivity contribution is 5.47. The van der Waals surface area contributed by atoms with Gasteiger partial charge in [-0.25, -0.2) is 4.98 Å². The molecule has 3 heterocycles. The fourth-order valence-electron chi connectivity index (χ4n) is 4.13. The van der Waals surface area contributed by atoms with Crippen molar-refractivity contribution in [1.29, 1.82) is 0 Å². The lowest BCUT2D eigenvalue weighted by atomic mass is 10.0. The monoisotopic (exact) mass is 371 g/mol. The van der Waals surface area contributed by atoms with Crippen molar-refractivity contribution in [3.8, 4) is 11.8 Å². The largest absolute Gasteiger partial charge is 0.356 e. The second kappa shape index (κ2) is 9.08. The van der Waals surface area contributed by atoms with Gasteiger partial charge < -0.3 is 4.90 Å². The van der Waals surface area contributed by atoms with Crippen molar-refractivity contribution in [1.82, 2.24) is 9.88 Å². The first-order valence-electron chi connectivity index (χ1n) is 10.5. The summed E-state index contributed by atoms with van der Waals surface area (Å²) in [5.41, 5.74) is 5.20. The Bertz CT molecular complexity index is 887. The number of anilines is 1. The van der Waals surface area contributed by atoms with Gasteiger partial charge in [0.2, 0.25) is 0 Å². The van der Waals surface area contributed by atoms with E-state index >= 15 is 0 Å². The van der Waals surface area contributed by atoms with Crippen LogP contribution in [0.15, 0.2) is 54.2 Å². The second-order valence-corrected chi connectivity index (χ2v) is 7.89. The molecule has 0 saturated carbocycles. The van der Waals surface area contributed by atoms with Crippen molar-refractivity contribution in [3.63, 3.8) is 0 Å². The standard InChI is InChI=1S/C25H29N3/c1-21-7-6-14-26-25(21)28-17-12-22(13-18-28)8-4-9-23-10-5-11-24(19-23)20-27-15-2-3-16-27/h5-8,10-11,14,19H,2-3,12-13,15-18,20H2,1H3. The van der Waals surface area contributed by atoms with Crippen LogP contribution in [0, 0.1) is 18.8 Å². The fourth-order valence-corrected chi connectivity index (χ4v) is 4.13. The molecule has 2 saturated heterocycles. The molecular formula is C25H29N3. The molecule has 4 rings (SSSR count). The minimum absolute atomic E-state index is 1.02. The predicted molar refractivity (Wildman–Crippen MR) is 116 cm³/mol. The van der Waals surface area contributed by atoms with Gasteiger partial charge in [0.25, 0.3) is 0 Å². The summed E-state index contributed by atoms with van der Waals surface area (Å²) < 4.78 is 0. The summed E-state index contributed by atoms with van der Waals surface area (Å²) >= 11 is 0. The molecule has 1 aromatic heterocycles. The van der Waals surface area contributed by atoms with E-state index in [-0.39, 0.29) is 0 Å². The molecule has 28 heavy (non-hydrogen) atoms. The van der Waals surface area contributed by atoms with Crippen LogP contribution >= 0.6 is 0 Å². The van der Waals surface area contributed by atoms with Gasteiger partial charge >= 0.3 is 0 Å². The topological polar surface area (TPSA) is 19.4 Å². The van der Waals surface area contributed by atoms with Gasteiger partial charge in [-0.1, -0.05) is 35.6 Å². The van der Waals surface area contributed by atoms with E-state index in [4.69, 9.17) is 0 Å². The molecule has 0 bridgehead atoms. The summed E-state index contributed by atoms with van der Waals surface area (Å²) in [5, 5.41) is 0. The number of aryl methyl sites for hydroxylation is 1. The number of rotatable bonds is 3. The Morgan fingerprint density at radius 2 is 1.86 bits per heavy atom. The van der Waals surface area contributed by atoms with E-state index in [2.05, 4.69) is 70.0 Å². The van der Waals surface area contributed by atoms with Crippen molar-refractivity contribution in [3.05, 3.63) is 70.9 Å². The molecule has 0 spiro atoms. The number of likely N-dealkylation sites (tertiary alicyclic amines) is 1. The first-order chi connectivity index (χ1) is 13.8. The lowest BCUT2D eigenvalue weighted by molar-refractivity contribution is 0.331. The molecule has 144 valence electrons. The maximum absolute atomic E-state index is 4.55. The van der Waals surface area contributed by atoms with Gasteiger partial charge in [0.15, 0.2) is 0 Å². The number of benzene rings is 1. The highest BCUT2D eigenvalue weighted by Gasteiger charge is 2.16. The van der Waals surface area contributed by atoms with Crippen molar-refractivity contribution >= 4 is 5.82 Å². The van der Waals surface area contributed by atoms with Crippen molar-refractivity contribution in [2.75, 3.05) is 31.1 Å². The van der Waals surface area contributed by atoms with Gasteiger partial charge in [-0.05, 0) is 81.1 Å². The first kappa shape index (κ1) is 18.8. The van der Waals surface area contributed by atoms with Gasteiger partial charge in [0.1, 0.15) is 5.82 Å². The van der Waals surface area contributed by atoms with Gasteiger partial charge in [-0.15, -0.1) is 0 Å². The highest BCUT2D eigenvalue weighted by Crippen LogP contribution is 2.23. The lowest BCUT2D eigenvalue weighted by Crippen LogP contribution is -2.31. The van der Waals surface area contributed by atoms with Crippen LogP contribution in [0.5, 0.6) is 0 Å². The normalized spacial score (nSPS) is 17.3. The Hall–Kier alpha value is -2.57. The summed E-state index contributed by atoms with van der Waals surface area (Å²) in [7, 11) is 0. The van der Waals surface area contributed by atoms with Crippen LogP contribution < -0.4 is 4.90 Å². The Labute approximate surface area is 169 Å². The average Bonchev–Trinajstić information content (AvgIpc) is 3.22. The third-order valence-electron chi connectivity index (χ3n) is 5.71. The van der Waals surface area contributed by atoms with Crippen molar-refractivity contribution in [2.45, 2.75) is 39.2 Å². The highest BCUT2D eigenvalue weighted by atomic mass is 15.2. The zero-order valence-corrected chi connectivity index (χ0v) is 16.8. The van der Waals surface area contributed by atoms with Gasteiger partial charge in [0, 0.05) is 31.4 Å². The zero-order chi connectivity index (χ0) is 19.2. The summed E-state index contributed by atoms with van der Waals surface area (Å²) in [4.78, 5) is 9.47. The SMILES string of the molecule is Cc1cccnc1N1CCC(=CC#Cc2cccc(CN3CCCC3)c2)CC1. The number of allylic oxidation sites excluding steroid dienone is 1.